The van der Waals surface area contributed by atoms with E-state index in [0.29, 0.717) is 12.4 Å². The average Bonchev–Trinajstić information content (AvgIpc) is 2.70. The molecule has 2 heterocycles. The molecule has 142 valence electrons. The molecule has 0 atom stereocenters. The van der Waals surface area contributed by atoms with E-state index in [9.17, 15) is 4.79 Å². The number of ether oxygens (including phenoxy) is 1. The highest BCUT2D eigenvalue weighted by molar-refractivity contribution is 5.81. The number of hydrogen-bond donors (Lipinski definition) is 1. The summed E-state index contributed by atoms with van der Waals surface area (Å²) in [6, 6.07) is 13.0. The first-order chi connectivity index (χ1) is 13.1. The molecule has 6 nitrogen and oxygen atoms in total. The van der Waals surface area contributed by atoms with Gasteiger partial charge in [-0.15, -0.1) is 0 Å². The van der Waals surface area contributed by atoms with Crippen LogP contribution in [0.2, 0.25) is 0 Å². The molecular formula is C21H26N4O2. The Morgan fingerprint density at radius 3 is 2.56 bits per heavy atom. The number of pyridine rings is 2. The Morgan fingerprint density at radius 1 is 1.11 bits per heavy atom. The van der Waals surface area contributed by atoms with Gasteiger partial charge in [0, 0.05) is 43.0 Å². The minimum Gasteiger partial charge on any atom is -0.492 e. The van der Waals surface area contributed by atoms with E-state index in [4.69, 9.17) is 4.74 Å². The molecule has 0 saturated carbocycles. The van der Waals surface area contributed by atoms with Crippen molar-refractivity contribution in [3.05, 3.63) is 59.0 Å². The largest absolute Gasteiger partial charge is 0.492 e. The van der Waals surface area contributed by atoms with Gasteiger partial charge in [-0.1, -0.05) is 13.8 Å². The van der Waals surface area contributed by atoms with Crippen LogP contribution in [0.25, 0.3) is 10.9 Å². The Kier molecular flexibility index (Phi) is 6.08. The number of benzene rings is 1. The molecule has 0 aliphatic carbocycles. The number of likely N-dealkylation sites (N-methyl/N-ethyl adjacent to an activating group) is 1. The van der Waals surface area contributed by atoms with Gasteiger partial charge < -0.3 is 19.5 Å². The summed E-state index contributed by atoms with van der Waals surface area (Å²) in [6.07, 6.45) is 1.77. The van der Waals surface area contributed by atoms with Gasteiger partial charge in [-0.25, -0.2) is 4.98 Å². The highest BCUT2D eigenvalue weighted by Gasteiger charge is 2.04. The Bertz CT molecular complexity index is 947. The fourth-order valence-electron chi connectivity index (χ4n) is 2.95. The van der Waals surface area contributed by atoms with Crippen molar-refractivity contribution in [2.24, 2.45) is 7.05 Å². The maximum absolute atomic E-state index is 11.8. The highest BCUT2D eigenvalue weighted by Crippen LogP contribution is 2.21. The van der Waals surface area contributed by atoms with Crippen LogP contribution in [0.3, 0.4) is 0 Å². The molecule has 0 amide bonds. The highest BCUT2D eigenvalue weighted by atomic mass is 16.5. The van der Waals surface area contributed by atoms with E-state index in [-0.39, 0.29) is 5.56 Å². The van der Waals surface area contributed by atoms with Gasteiger partial charge in [-0.2, -0.15) is 0 Å². The fraction of sp³-hybridized carbons (Fsp3) is 0.333. The number of nitrogens with one attached hydrogen (secondary N) is 1. The first-order valence-electron chi connectivity index (χ1n) is 9.28. The van der Waals surface area contributed by atoms with Gasteiger partial charge in [-0.05, 0) is 43.4 Å². The quantitative estimate of drug-likeness (QED) is 0.662. The number of aromatic nitrogens is 2. The molecule has 0 aliphatic rings. The third kappa shape index (κ3) is 4.65. The van der Waals surface area contributed by atoms with Crippen LogP contribution in [-0.4, -0.2) is 40.7 Å². The van der Waals surface area contributed by atoms with Gasteiger partial charge in [0.2, 0.25) is 0 Å². The van der Waals surface area contributed by atoms with Crippen molar-refractivity contribution in [3.63, 3.8) is 0 Å². The van der Waals surface area contributed by atoms with E-state index >= 15 is 0 Å². The van der Waals surface area contributed by atoms with Crippen LogP contribution in [0, 0.1) is 0 Å². The van der Waals surface area contributed by atoms with Gasteiger partial charge in [0.1, 0.15) is 18.2 Å². The predicted octanol–water partition coefficient (Wildman–Crippen LogP) is 3.40. The third-order valence-electron chi connectivity index (χ3n) is 4.71. The molecule has 2 aromatic heterocycles. The van der Waals surface area contributed by atoms with Crippen molar-refractivity contribution in [3.8, 4) is 5.75 Å². The van der Waals surface area contributed by atoms with Crippen LogP contribution in [0.1, 0.15) is 13.8 Å². The first kappa shape index (κ1) is 18.9. The van der Waals surface area contributed by atoms with Crippen LogP contribution >= 0.6 is 0 Å². The van der Waals surface area contributed by atoms with Gasteiger partial charge in [-0.3, -0.25) is 4.79 Å². The molecule has 3 rings (SSSR count). The minimum absolute atomic E-state index is 0.0362. The molecule has 1 aromatic carbocycles. The molecule has 0 aliphatic heterocycles. The second kappa shape index (κ2) is 8.68. The van der Waals surface area contributed by atoms with Crippen LogP contribution in [0.5, 0.6) is 5.75 Å². The fourth-order valence-corrected chi connectivity index (χ4v) is 2.95. The standard InChI is InChI=1S/C21H26N4O2/c1-4-25(5-2)12-13-27-18-9-7-17(8-10-18)23-20-14-19-16(15-22-20)6-11-21(26)24(19)3/h6-11,14-15H,4-5,12-13H2,1-3H3,(H,22,23). The molecule has 0 bridgehead atoms. The van der Waals surface area contributed by atoms with E-state index < -0.39 is 0 Å². The van der Waals surface area contributed by atoms with Gasteiger partial charge in [0.15, 0.2) is 0 Å². The summed E-state index contributed by atoms with van der Waals surface area (Å²) >= 11 is 0. The van der Waals surface area contributed by atoms with E-state index in [0.717, 1.165) is 42.0 Å². The van der Waals surface area contributed by atoms with E-state index in [1.165, 1.54) is 0 Å². The smallest absolute Gasteiger partial charge is 0.250 e. The van der Waals surface area contributed by atoms with Crippen molar-refractivity contribution >= 4 is 22.4 Å². The average molecular weight is 366 g/mol. The van der Waals surface area contributed by atoms with Crippen molar-refractivity contribution in [2.45, 2.75) is 13.8 Å². The molecule has 1 N–H and O–H groups in total. The van der Waals surface area contributed by atoms with Crippen LogP contribution in [-0.2, 0) is 7.05 Å². The molecule has 0 spiro atoms. The lowest BCUT2D eigenvalue weighted by molar-refractivity contribution is 0.223. The summed E-state index contributed by atoms with van der Waals surface area (Å²) in [5.74, 6) is 1.54. The monoisotopic (exact) mass is 366 g/mol. The van der Waals surface area contributed by atoms with E-state index in [2.05, 4.69) is 29.0 Å². The molecule has 0 radical (unpaired) electrons. The molecule has 0 fully saturated rings. The summed E-state index contributed by atoms with van der Waals surface area (Å²) in [6.45, 7) is 7.98. The molecule has 3 aromatic rings. The lowest BCUT2D eigenvalue weighted by Crippen LogP contribution is -2.27. The van der Waals surface area contributed by atoms with Gasteiger partial charge in [0.05, 0.1) is 5.52 Å². The zero-order valence-electron chi connectivity index (χ0n) is 16.1. The molecular weight excluding hydrogens is 340 g/mol. The van der Waals surface area contributed by atoms with Gasteiger partial charge in [0.25, 0.3) is 5.56 Å². The number of nitrogens with zero attached hydrogens (tertiary/aromatic N) is 3. The van der Waals surface area contributed by atoms with Gasteiger partial charge >= 0.3 is 0 Å². The third-order valence-corrected chi connectivity index (χ3v) is 4.71. The SMILES string of the molecule is CCN(CC)CCOc1ccc(Nc2cc3c(ccc(=O)n3C)cn2)cc1. The number of rotatable bonds is 8. The Hall–Kier alpha value is -2.86. The molecule has 6 heteroatoms. The Balaban J connectivity index is 1.65. The van der Waals surface area contributed by atoms with Crippen molar-refractivity contribution < 1.29 is 4.74 Å². The van der Waals surface area contributed by atoms with E-state index in [1.807, 2.05) is 30.3 Å². The first-order valence-corrected chi connectivity index (χ1v) is 9.28. The zero-order valence-corrected chi connectivity index (χ0v) is 16.1. The summed E-state index contributed by atoms with van der Waals surface area (Å²) in [5.41, 5.74) is 1.72. The summed E-state index contributed by atoms with van der Waals surface area (Å²) < 4.78 is 7.43. The zero-order chi connectivity index (χ0) is 19.2. The predicted molar refractivity (Wildman–Crippen MR) is 110 cm³/mol. The minimum atomic E-state index is -0.0362. The van der Waals surface area contributed by atoms with Crippen LogP contribution < -0.4 is 15.6 Å². The molecule has 0 unspecified atom stereocenters. The molecule has 0 saturated heterocycles. The second-order valence-electron chi connectivity index (χ2n) is 6.38. The topological polar surface area (TPSA) is 59.4 Å². The Morgan fingerprint density at radius 2 is 1.85 bits per heavy atom. The van der Waals surface area contributed by atoms with Crippen molar-refractivity contribution in [1.82, 2.24) is 14.5 Å². The number of fused-ring (bicyclic) bond motifs is 1. The van der Waals surface area contributed by atoms with Crippen LogP contribution in [0.4, 0.5) is 11.5 Å². The van der Waals surface area contributed by atoms with Crippen molar-refractivity contribution in [1.29, 1.82) is 0 Å². The summed E-state index contributed by atoms with van der Waals surface area (Å²) in [5, 5.41) is 4.20. The number of anilines is 2. The lowest BCUT2D eigenvalue weighted by atomic mass is 10.2. The molecule has 27 heavy (non-hydrogen) atoms. The van der Waals surface area contributed by atoms with Crippen LogP contribution in [0.15, 0.2) is 53.5 Å². The van der Waals surface area contributed by atoms with Crippen molar-refractivity contribution in [2.75, 3.05) is 31.6 Å². The second-order valence-corrected chi connectivity index (χ2v) is 6.38. The lowest BCUT2D eigenvalue weighted by Gasteiger charge is -2.18. The number of hydrogen-bond acceptors (Lipinski definition) is 5. The number of aryl methyl sites for hydroxylation is 1. The maximum atomic E-state index is 11.8. The Labute approximate surface area is 159 Å². The summed E-state index contributed by atoms with van der Waals surface area (Å²) in [7, 11) is 1.76. The van der Waals surface area contributed by atoms with E-state index in [1.54, 1.807) is 29.9 Å². The maximum Gasteiger partial charge on any atom is 0.250 e. The normalized spacial score (nSPS) is 11.1. The summed E-state index contributed by atoms with van der Waals surface area (Å²) in [4.78, 5) is 18.6.